The van der Waals surface area contributed by atoms with E-state index < -0.39 is 315 Å². The highest BCUT2D eigenvalue weighted by atomic mass is 16.8. The van der Waals surface area contributed by atoms with Crippen molar-refractivity contribution in [3.8, 4) is 0 Å². The van der Waals surface area contributed by atoms with Crippen molar-refractivity contribution >= 4 is 0 Å². The molecule has 0 amide bonds. The number of rotatable bonds is 27. The molecule has 45 atom stereocenters. The third-order valence-corrected chi connectivity index (χ3v) is 20.6. The predicted molar refractivity (Wildman–Crippen MR) is 355 cm³/mol. The second-order valence-corrected chi connectivity index (χ2v) is 27.8. The van der Waals surface area contributed by atoms with Crippen molar-refractivity contribution in [3.05, 3.63) is 0 Å². The van der Waals surface area contributed by atoms with Gasteiger partial charge in [0, 0.05) is 41.5 Å². The third kappa shape index (κ3) is 23.4. The van der Waals surface area contributed by atoms with Gasteiger partial charge in [-0.15, -0.1) is 0 Å². The van der Waals surface area contributed by atoms with Crippen molar-refractivity contribution in [2.45, 2.75) is 311 Å². The number of hydrogen-bond donors (Lipinski definition) is 26. The Hall–Kier alpha value is -1.76. The zero-order valence-electron chi connectivity index (χ0n) is 62.3. The summed E-state index contributed by atoms with van der Waals surface area (Å²) in [6, 6.07) is 0. The van der Waals surface area contributed by atoms with E-state index in [4.69, 9.17) is 101 Å². The average molecular weight is 1610 g/mol. The molecule has 9 aliphatic rings. The maximum absolute atomic E-state index is 10.9. The van der Waals surface area contributed by atoms with Crippen LogP contribution in [0.2, 0.25) is 0 Å². The van der Waals surface area contributed by atoms with Crippen LogP contribution in [0.5, 0.6) is 0 Å². The summed E-state index contributed by atoms with van der Waals surface area (Å²) in [7, 11) is 6.78. The minimum atomic E-state index is -1.78. The molecule has 9 rings (SSSR count). The van der Waals surface area contributed by atoms with E-state index in [-0.39, 0.29) is 19.3 Å². The second kappa shape index (κ2) is 45.8. The van der Waals surface area contributed by atoms with Crippen molar-refractivity contribution in [2.24, 2.45) is 5.92 Å². The molecule has 44 heteroatoms. The van der Waals surface area contributed by atoms with Gasteiger partial charge in [-0.05, 0) is 34.6 Å². The van der Waals surface area contributed by atoms with Gasteiger partial charge in [-0.25, -0.2) is 0 Å². The van der Waals surface area contributed by atoms with Gasteiger partial charge in [0.1, 0.15) is 208 Å². The summed E-state index contributed by atoms with van der Waals surface area (Å²) in [6.07, 6.45) is -48.3. The molecular formula is C65H122O44. The van der Waals surface area contributed by atoms with Gasteiger partial charge in [-0.1, -0.05) is 6.92 Å². The molecule has 9 saturated heterocycles. The van der Waals surface area contributed by atoms with Crippen molar-refractivity contribution in [1.29, 1.82) is 0 Å². The average Bonchev–Trinajstić information content (AvgIpc) is 1.70. The van der Waals surface area contributed by atoms with Crippen LogP contribution in [0.4, 0.5) is 0 Å². The van der Waals surface area contributed by atoms with Crippen LogP contribution in [0.3, 0.4) is 0 Å². The summed E-state index contributed by atoms with van der Waals surface area (Å²) in [5, 5.41) is 255. The molecule has 0 bridgehead atoms. The quantitative estimate of drug-likeness (QED) is 0.0363. The van der Waals surface area contributed by atoms with Gasteiger partial charge in [-0.3, -0.25) is 0 Å². The van der Waals surface area contributed by atoms with E-state index in [9.17, 15) is 117 Å². The number of aliphatic hydroxyl groups is 26. The minimum Gasteiger partial charge on any atom is -0.394 e. The lowest BCUT2D eigenvalue weighted by Gasteiger charge is -2.47. The fourth-order valence-electron chi connectivity index (χ4n) is 13.8. The maximum atomic E-state index is 10.9. The van der Waals surface area contributed by atoms with Crippen molar-refractivity contribution in [3.63, 3.8) is 0 Å². The third-order valence-electron chi connectivity index (χ3n) is 20.6. The van der Waals surface area contributed by atoms with Crippen LogP contribution in [0.15, 0.2) is 0 Å². The highest BCUT2D eigenvalue weighted by Gasteiger charge is 2.58. The maximum Gasteiger partial charge on any atom is 0.187 e. The second-order valence-electron chi connectivity index (χ2n) is 27.8. The molecule has 0 aliphatic carbocycles. The largest absolute Gasteiger partial charge is 0.394 e. The number of aliphatic hydroxyl groups excluding tert-OH is 26. The standard InChI is InChI=1S/C21H38O14.C20H36O15.3C8H16O5/c1-7-16(33-21-15(29)14(28)18(34-21)11(6-24)30-3)13(27)10(5-23)32-20(7)35-19-12(26)8(2)31-17(19)9(25)4-22;1-6-10(25)18(15(31-6)7(24)3-21)35-20-14(29)17(12(27)9(5-23)33-20)34-19-13(28)16(30-2)11(26)8(4-22)32-19;1-4-6(10)7(11)8(13-4)5(3-9)12-2;1-4-6(10)8(12-2)7(11)5(3-9)13-4;1-4-6(11)8(12-2)7(13-4)5(10)3-9/h7-29H,4-6H2,1-3H3;6-29H,3-5H2,1-2H3;3*4-11H,3H2,1-2H3/t7?,8-,9-,10?,11-,12-,13-,14?,15+,16-,17+,18+,19?,20+,21-;6-,7-,8?,9?,10-,11+,12+,13?,14?,15+,16+,17+,18?,19+,20-;4-,5-,6-,7?,8+;4-,5?,6?,7+,8-;4-,5-,6-,7+,8?/m11111/s1. The van der Waals surface area contributed by atoms with Gasteiger partial charge in [0.05, 0.1) is 96.1 Å². The SMILES string of the molecule is COC1[C@H]([C@H](O)CO)O[C@H](C)[C@H]1O.CO[C@@H]1C(O)[C@@H](C)OC(CO)[C@@H]1O.CO[C@@H]1C(O)[C@H](O[C@@H]2C(O)[C@@H](OC3[C@H]([C@H](O)CO)O[C@H](C)[C@H]3O)OC(CO)[C@@H]2O)OC(CO)[C@@H]1O.CO[C@H](CO)[C@@H]1O[C@@H](O[C@@H]2C(C)[C@H](OC3[C@H]([C@H](O)CO)O[C@H](C)[C@H]3O)OC(CO)[C@H]2O)[C@@H](O)C1O.CO[C@H](CO)[C@@H]1O[C@H](C)[C@@H](O)C1O. The molecule has 13 unspecified atom stereocenters. The number of hydrogen-bond acceptors (Lipinski definition) is 44. The summed E-state index contributed by atoms with van der Waals surface area (Å²) < 4.78 is 96.7. The van der Waals surface area contributed by atoms with Crippen LogP contribution < -0.4 is 0 Å². The van der Waals surface area contributed by atoms with Crippen LogP contribution in [0, 0.1) is 5.92 Å². The first-order valence-electron chi connectivity index (χ1n) is 35.7. The first-order valence-corrected chi connectivity index (χ1v) is 35.7. The molecule has 646 valence electrons. The molecule has 26 N–H and O–H groups in total. The van der Waals surface area contributed by atoms with E-state index in [1.165, 1.54) is 42.5 Å². The Kier molecular flexibility index (Phi) is 41.1. The Morgan fingerprint density at radius 3 is 0.899 bits per heavy atom. The molecule has 0 aromatic rings. The smallest absolute Gasteiger partial charge is 0.187 e. The molecular weight excluding hydrogens is 1480 g/mol. The molecule has 109 heavy (non-hydrogen) atoms. The molecule has 0 radical (unpaired) electrons. The molecule has 9 aliphatic heterocycles. The van der Waals surface area contributed by atoms with Crippen LogP contribution in [-0.2, 0) is 85.3 Å². The summed E-state index contributed by atoms with van der Waals surface area (Å²) in [5.74, 6) is -0.772. The lowest BCUT2D eigenvalue weighted by Crippen LogP contribution is -2.65. The van der Waals surface area contributed by atoms with E-state index in [0.717, 1.165) is 0 Å². The zero-order chi connectivity index (χ0) is 82.1. The van der Waals surface area contributed by atoms with Gasteiger partial charge in [-0.2, -0.15) is 0 Å². The van der Waals surface area contributed by atoms with Crippen molar-refractivity contribution in [1.82, 2.24) is 0 Å². The van der Waals surface area contributed by atoms with E-state index in [1.54, 1.807) is 34.6 Å². The molecule has 9 heterocycles. The lowest BCUT2D eigenvalue weighted by atomic mass is 9.91. The Bertz CT molecular complexity index is 2470. The first kappa shape index (κ1) is 97.8. The van der Waals surface area contributed by atoms with Gasteiger partial charge in [0.15, 0.2) is 25.2 Å². The Morgan fingerprint density at radius 1 is 0.248 bits per heavy atom. The van der Waals surface area contributed by atoms with Gasteiger partial charge in [0.2, 0.25) is 0 Å². The summed E-state index contributed by atoms with van der Waals surface area (Å²) in [4.78, 5) is 0. The Labute approximate surface area is 628 Å². The molecule has 9 fully saturated rings. The Balaban J connectivity index is 0.000000265. The highest BCUT2D eigenvalue weighted by Crippen LogP contribution is 2.39. The summed E-state index contributed by atoms with van der Waals surface area (Å²) in [6.45, 7) is 4.97. The summed E-state index contributed by atoms with van der Waals surface area (Å²) >= 11 is 0. The molecule has 44 nitrogen and oxygen atoms in total. The number of ether oxygens (including phenoxy) is 18. The first-order chi connectivity index (χ1) is 51.5. The van der Waals surface area contributed by atoms with Crippen molar-refractivity contribution < 1.29 is 218 Å². The monoisotopic (exact) mass is 1610 g/mol. The van der Waals surface area contributed by atoms with E-state index in [0.29, 0.717) is 0 Å². The predicted octanol–water partition coefficient (Wildman–Crippen LogP) is -14.9. The lowest BCUT2D eigenvalue weighted by molar-refractivity contribution is -0.367. The van der Waals surface area contributed by atoms with Gasteiger partial charge >= 0.3 is 0 Å². The van der Waals surface area contributed by atoms with E-state index in [2.05, 4.69) is 0 Å². The van der Waals surface area contributed by atoms with Gasteiger partial charge in [0.25, 0.3) is 0 Å². The Morgan fingerprint density at radius 2 is 0.523 bits per heavy atom. The van der Waals surface area contributed by atoms with E-state index >= 15 is 0 Å². The molecule has 0 aromatic carbocycles. The molecule has 0 spiro atoms. The topological polar surface area (TPSA) is 692 Å². The molecule has 0 saturated carbocycles. The zero-order valence-corrected chi connectivity index (χ0v) is 62.3. The fourth-order valence-corrected chi connectivity index (χ4v) is 13.8. The minimum absolute atomic E-state index is 0.238. The van der Waals surface area contributed by atoms with Crippen LogP contribution in [-0.4, -0.2) is 497 Å². The summed E-state index contributed by atoms with van der Waals surface area (Å²) in [5.41, 5.74) is 0. The normalized spacial score (nSPS) is 47.1. The van der Waals surface area contributed by atoms with Crippen LogP contribution in [0.1, 0.15) is 41.5 Å². The van der Waals surface area contributed by atoms with Crippen LogP contribution in [0.25, 0.3) is 0 Å². The van der Waals surface area contributed by atoms with E-state index in [1.807, 2.05) is 0 Å². The fraction of sp³-hybridized carbons (Fsp3) is 1.00. The highest BCUT2D eigenvalue weighted by molar-refractivity contribution is 5.02. The number of methoxy groups -OCH3 is 5. The van der Waals surface area contributed by atoms with Crippen molar-refractivity contribution in [2.75, 3.05) is 95.0 Å². The van der Waals surface area contributed by atoms with Gasteiger partial charge < -0.3 is 218 Å². The molecule has 0 aromatic heterocycles. The van der Waals surface area contributed by atoms with Crippen LogP contribution >= 0.6 is 0 Å².